The van der Waals surface area contributed by atoms with E-state index in [1.165, 1.54) is 0 Å². The fourth-order valence-electron chi connectivity index (χ4n) is 2.86. The molecule has 0 spiro atoms. The Bertz CT molecular complexity index is 958. The van der Waals surface area contributed by atoms with E-state index in [9.17, 15) is 9.59 Å². The standard InChI is InChI=1S/C23H22ClN3O2/c1-2-27(21-6-4-3-5-7-21)23(29)17-8-12-19(13-9-17)25-16-22(28)26-20-14-10-18(24)11-15-20/h3-15,25H,2,16H2,1H3,(H,26,28). The van der Waals surface area contributed by atoms with Crippen molar-refractivity contribution >= 4 is 40.5 Å². The van der Waals surface area contributed by atoms with Crippen LogP contribution in [0.4, 0.5) is 17.1 Å². The van der Waals surface area contributed by atoms with Gasteiger partial charge >= 0.3 is 0 Å². The number of carbonyl (C=O) groups is 2. The van der Waals surface area contributed by atoms with Crippen LogP contribution in [0, 0.1) is 0 Å². The molecule has 0 atom stereocenters. The van der Waals surface area contributed by atoms with E-state index in [4.69, 9.17) is 11.6 Å². The van der Waals surface area contributed by atoms with Crippen LogP contribution in [0.15, 0.2) is 78.9 Å². The number of rotatable bonds is 7. The van der Waals surface area contributed by atoms with Gasteiger partial charge < -0.3 is 15.5 Å². The number of nitrogens with zero attached hydrogens (tertiary/aromatic N) is 1. The zero-order chi connectivity index (χ0) is 20.6. The van der Waals surface area contributed by atoms with Gasteiger partial charge in [-0.15, -0.1) is 0 Å². The van der Waals surface area contributed by atoms with Crippen molar-refractivity contribution in [2.24, 2.45) is 0 Å². The number of benzene rings is 3. The molecule has 0 fully saturated rings. The molecule has 3 aromatic rings. The van der Waals surface area contributed by atoms with Crippen molar-refractivity contribution in [3.63, 3.8) is 0 Å². The fourth-order valence-corrected chi connectivity index (χ4v) is 2.98. The number of amides is 2. The third-order valence-corrected chi connectivity index (χ3v) is 4.59. The Kier molecular flexibility index (Phi) is 6.87. The van der Waals surface area contributed by atoms with Gasteiger partial charge in [-0.1, -0.05) is 29.8 Å². The van der Waals surface area contributed by atoms with E-state index < -0.39 is 0 Å². The first kappa shape index (κ1) is 20.4. The summed E-state index contributed by atoms with van der Waals surface area (Å²) >= 11 is 5.84. The van der Waals surface area contributed by atoms with Crippen molar-refractivity contribution in [3.05, 3.63) is 89.4 Å². The van der Waals surface area contributed by atoms with Crippen molar-refractivity contribution in [2.45, 2.75) is 6.92 Å². The summed E-state index contributed by atoms with van der Waals surface area (Å²) in [6.45, 7) is 2.63. The Morgan fingerprint density at radius 3 is 2.10 bits per heavy atom. The van der Waals surface area contributed by atoms with Crippen LogP contribution in [0.5, 0.6) is 0 Å². The summed E-state index contributed by atoms with van der Waals surface area (Å²) in [7, 11) is 0. The SMILES string of the molecule is CCN(C(=O)c1ccc(NCC(=O)Nc2ccc(Cl)cc2)cc1)c1ccccc1. The lowest BCUT2D eigenvalue weighted by Gasteiger charge is -2.21. The molecule has 0 aliphatic carbocycles. The Hall–Kier alpha value is -3.31. The zero-order valence-corrected chi connectivity index (χ0v) is 16.8. The summed E-state index contributed by atoms with van der Waals surface area (Å²) in [6, 6.07) is 23.6. The van der Waals surface area contributed by atoms with Gasteiger partial charge in [-0.3, -0.25) is 9.59 Å². The molecule has 0 unspecified atom stereocenters. The molecule has 3 aromatic carbocycles. The van der Waals surface area contributed by atoms with Gasteiger partial charge in [-0.25, -0.2) is 0 Å². The van der Waals surface area contributed by atoms with Crippen LogP contribution in [0.1, 0.15) is 17.3 Å². The van der Waals surface area contributed by atoms with E-state index in [-0.39, 0.29) is 18.4 Å². The highest BCUT2D eigenvalue weighted by Crippen LogP contribution is 2.18. The molecule has 2 amide bonds. The first-order chi connectivity index (χ1) is 14.1. The summed E-state index contributed by atoms with van der Waals surface area (Å²) in [5, 5.41) is 6.46. The quantitative estimate of drug-likeness (QED) is 0.575. The number of para-hydroxylation sites is 1. The van der Waals surface area contributed by atoms with Crippen LogP contribution in [0.3, 0.4) is 0 Å². The monoisotopic (exact) mass is 407 g/mol. The average molecular weight is 408 g/mol. The number of hydrogen-bond acceptors (Lipinski definition) is 3. The lowest BCUT2D eigenvalue weighted by atomic mass is 10.1. The Labute approximate surface area is 175 Å². The van der Waals surface area contributed by atoms with Crippen LogP contribution >= 0.6 is 11.6 Å². The van der Waals surface area contributed by atoms with Gasteiger partial charge in [0, 0.05) is 34.2 Å². The van der Waals surface area contributed by atoms with Crippen molar-refractivity contribution < 1.29 is 9.59 Å². The van der Waals surface area contributed by atoms with Gasteiger partial charge in [0.05, 0.1) is 6.54 Å². The van der Waals surface area contributed by atoms with Crippen molar-refractivity contribution in [2.75, 3.05) is 28.6 Å². The van der Waals surface area contributed by atoms with Gasteiger partial charge in [0.25, 0.3) is 5.91 Å². The summed E-state index contributed by atoms with van der Waals surface area (Å²) in [4.78, 5) is 26.6. The highest BCUT2D eigenvalue weighted by atomic mass is 35.5. The molecule has 0 aromatic heterocycles. The van der Waals surface area contributed by atoms with Crippen LogP contribution in [0.25, 0.3) is 0 Å². The summed E-state index contributed by atoms with van der Waals surface area (Å²) in [6.07, 6.45) is 0. The maximum absolute atomic E-state index is 12.8. The molecular weight excluding hydrogens is 386 g/mol. The highest BCUT2D eigenvalue weighted by Gasteiger charge is 2.15. The molecule has 5 nitrogen and oxygen atoms in total. The summed E-state index contributed by atoms with van der Waals surface area (Å²) in [5.41, 5.74) is 2.89. The molecule has 0 radical (unpaired) electrons. The van der Waals surface area contributed by atoms with Gasteiger partial charge in [0.1, 0.15) is 0 Å². The van der Waals surface area contributed by atoms with E-state index in [1.807, 2.05) is 37.3 Å². The largest absolute Gasteiger partial charge is 0.376 e. The minimum absolute atomic E-state index is 0.0641. The van der Waals surface area contributed by atoms with Crippen LogP contribution in [-0.2, 0) is 4.79 Å². The van der Waals surface area contributed by atoms with Crippen molar-refractivity contribution in [1.82, 2.24) is 0 Å². The number of anilines is 3. The molecule has 3 rings (SSSR count). The first-order valence-electron chi connectivity index (χ1n) is 9.33. The van der Waals surface area contributed by atoms with E-state index in [0.29, 0.717) is 22.8 Å². The minimum atomic E-state index is -0.172. The predicted molar refractivity (Wildman–Crippen MR) is 119 cm³/mol. The van der Waals surface area contributed by atoms with Crippen molar-refractivity contribution in [1.29, 1.82) is 0 Å². The predicted octanol–water partition coefficient (Wildman–Crippen LogP) is 5.06. The number of halogens is 1. The maximum Gasteiger partial charge on any atom is 0.258 e. The van der Waals surface area contributed by atoms with Crippen LogP contribution in [-0.4, -0.2) is 24.9 Å². The Balaban J connectivity index is 1.57. The number of nitrogens with one attached hydrogen (secondary N) is 2. The second-order valence-corrected chi connectivity index (χ2v) is 6.81. The molecule has 0 saturated heterocycles. The number of hydrogen-bond donors (Lipinski definition) is 2. The fraction of sp³-hybridized carbons (Fsp3) is 0.130. The second-order valence-electron chi connectivity index (χ2n) is 6.37. The lowest BCUT2D eigenvalue weighted by molar-refractivity contribution is -0.114. The van der Waals surface area contributed by atoms with E-state index in [2.05, 4.69) is 10.6 Å². The molecule has 148 valence electrons. The molecule has 0 heterocycles. The first-order valence-corrected chi connectivity index (χ1v) is 9.71. The van der Waals surface area contributed by atoms with Gasteiger partial charge in [-0.05, 0) is 67.6 Å². The third-order valence-electron chi connectivity index (χ3n) is 4.34. The minimum Gasteiger partial charge on any atom is -0.376 e. The van der Waals surface area contributed by atoms with Gasteiger partial charge in [-0.2, -0.15) is 0 Å². The number of carbonyl (C=O) groups excluding carboxylic acids is 2. The van der Waals surface area contributed by atoms with Gasteiger partial charge in [0.2, 0.25) is 5.91 Å². The van der Waals surface area contributed by atoms with Crippen LogP contribution in [0.2, 0.25) is 5.02 Å². The molecule has 29 heavy (non-hydrogen) atoms. The average Bonchev–Trinajstić information content (AvgIpc) is 2.75. The molecule has 0 bridgehead atoms. The third kappa shape index (κ3) is 5.59. The van der Waals surface area contributed by atoms with E-state index in [0.717, 1.165) is 11.4 Å². The normalized spacial score (nSPS) is 10.3. The molecule has 0 aliphatic heterocycles. The Morgan fingerprint density at radius 2 is 1.48 bits per heavy atom. The van der Waals surface area contributed by atoms with Crippen molar-refractivity contribution in [3.8, 4) is 0 Å². The molecule has 0 aliphatic rings. The summed E-state index contributed by atoms with van der Waals surface area (Å²) in [5.74, 6) is -0.237. The smallest absolute Gasteiger partial charge is 0.258 e. The topological polar surface area (TPSA) is 61.4 Å². The zero-order valence-electron chi connectivity index (χ0n) is 16.1. The maximum atomic E-state index is 12.8. The lowest BCUT2D eigenvalue weighted by Crippen LogP contribution is -2.30. The van der Waals surface area contributed by atoms with Gasteiger partial charge in [0.15, 0.2) is 0 Å². The Morgan fingerprint density at radius 1 is 0.862 bits per heavy atom. The molecular formula is C23H22ClN3O2. The van der Waals surface area contributed by atoms with E-state index >= 15 is 0 Å². The van der Waals surface area contributed by atoms with E-state index in [1.54, 1.807) is 53.4 Å². The molecule has 6 heteroatoms. The summed E-state index contributed by atoms with van der Waals surface area (Å²) < 4.78 is 0. The second kappa shape index (κ2) is 9.75. The molecule has 0 saturated carbocycles. The van der Waals surface area contributed by atoms with Crippen LogP contribution < -0.4 is 15.5 Å². The molecule has 2 N–H and O–H groups in total. The highest BCUT2D eigenvalue weighted by molar-refractivity contribution is 6.30.